The molecule has 0 aromatic carbocycles. The molecular formula is C37H68O4. The van der Waals surface area contributed by atoms with Gasteiger partial charge in [-0.05, 0) is 57.9 Å². The number of carbonyl (C=O) groups is 1. The molecule has 0 radical (unpaired) electrons. The van der Waals surface area contributed by atoms with Crippen LogP contribution in [0.5, 0.6) is 0 Å². The molecule has 0 aromatic heterocycles. The van der Waals surface area contributed by atoms with Gasteiger partial charge >= 0.3 is 5.97 Å². The van der Waals surface area contributed by atoms with Gasteiger partial charge in [0.05, 0.1) is 12.2 Å². The number of aliphatic hydroxyl groups excluding tert-OH is 2. The number of rotatable bonds is 30. The Labute approximate surface area is 254 Å². The van der Waals surface area contributed by atoms with Crippen molar-refractivity contribution < 1.29 is 19.7 Å². The van der Waals surface area contributed by atoms with Gasteiger partial charge in [0.2, 0.25) is 0 Å². The van der Waals surface area contributed by atoms with E-state index in [1.54, 1.807) is 0 Å². The molecule has 0 aliphatic carbocycles. The van der Waals surface area contributed by atoms with Crippen LogP contribution in [0.25, 0.3) is 0 Å². The third-order valence-corrected chi connectivity index (χ3v) is 8.65. The molecule has 0 fully saturated rings. The number of hydrogen-bond acceptors (Lipinski definition) is 4. The van der Waals surface area contributed by atoms with Crippen LogP contribution in [0.15, 0.2) is 23.8 Å². The summed E-state index contributed by atoms with van der Waals surface area (Å²) in [4.78, 5) is 11.6. The van der Waals surface area contributed by atoms with E-state index in [0.717, 1.165) is 44.1 Å². The van der Waals surface area contributed by atoms with Gasteiger partial charge in [0.1, 0.15) is 6.10 Å². The zero-order valence-electron chi connectivity index (χ0n) is 27.3. The van der Waals surface area contributed by atoms with Gasteiger partial charge in [0.15, 0.2) is 0 Å². The number of allylic oxidation sites excluding steroid dienone is 2. The summed E-state index contributed by atoms with van der Waals surface area (Å²) >= 11 is 0. The Balaban J connectivity index is 1.80. The standard InChI is InChI=1S/C37H68O4/c1-3-4-5-6-7-8-9-10-11-12-13-14-15-18-21-24-27-30-35(38)36(39)31-28-25-22-19-16-17-20-23-26-29-34-32-33(2)41-37(34)40/h21,24,32-33,35-36,38-39H,3-20,22-23,25-31H2,1-2H3/b24-21+. The summed E-state index contributed by atoms with van der Waals surface area (Å²) in [6.07, 6.45) is 38.1. The third-order valence-electron chi connectivity index (χ3n) is 8.65. The van der Waals surface area contributed by atoms with Crippen molar-refractivity contribution in [3.05, 3.63) is 23.8 Å². The Morgan fingerprint density at radius 3 is 1.59 bits per heavy atom. The Morgan fingerprint density at radius 1 is 0.634 bits per heavy atom. The summed E-state index contributed by atoms with van der Waals surface area (Å²) in [5.74, 6) is -0.123. The molecule has 1 aliphatic rings. The summed E-state index contributed by atoms with van der Waals surface area (Å²) < 4.78 is 5.14. The average molecular weight is 577 g/mol. The second-order valence-corrected chi connectivity index (χ2v) is 12.7. The van der Waals surface area contributed by atoms with Gasteiger partial charge in [0, 0.05) is 5.57 Å². The van der Waals surface area contributed by atoms with Crippen LogP contribution in [-0.4, -0.2) is 34.5 Å². The molecule has 0 saturated carbocycles. The number of carbonyl (C=O) groups excluding carboxylic acids is 1. The van der Waals surface area contributed by atoms with E-state index in [-0.39, 0.29) is 12.1 Å². The van der Waals surface area contributed by atoms with Crippen molar-refractivity contribution in [3.63, 3.8) is 0 Å². The summed E-state index contributed by atoms with van der Waals surface area (Å²) in [5, 5.41) is 20.5. The fourth-order valence-electron chi connectivity index (χ4n) is 5.89. The predicted octanol–water partition coefficient (Wildman–Crippen LogP) is 10.7. The maximum Gasteiger partial charge on any atom is 0.334 e. The summed E-state index contributed by atoms with van der Waals surface area (Å²) in [7, 11) is 0. The lowest BCUT2D eigenvalue weighted by molar-refractivity contribution is -0.139. The van der Waals surface area contributed by atoms with Crippen LogP contribution in [0.4, 0.5) is 0 Å². The van der Waals surface area contributed by atoms with E-state index >= 15 is 0 Å². The Morgan fingerprint density at radius 2 is 1.07 bits per heavy atom. The molecule has 0 amide bonds. The molecule has 1 rings (SSSR count). The molecule has 0 aromatic rings. The quantitative estimate of drug-likeness (QED) is 0.0507. The van der Waals surface area contributed by atoms with Crippen LogP contribution in [0.2, 0.25) is 0 Å². The molecular weight excluding hydrogens is 508 g/mol. The minimum absolute atomic E-state index is 0.0485. The predicted molar refractivity (Wildman–Crippen MR) is 175 cm³/mol. The molecule has 3 unspecified atom stereocenters. The van der Waals surface area contributed by atoms with Gasteiger partial charge in [-0.3, -0.25) is 0 Å². The Bertz CT molecular complexity index is 655. The molecule has 240 valence electrons. The summed E-state index contributed by atoms with van der Waals surface area (Å²) in [6.45, 7) is 4.19. The highest BCUT2D eigenvalue weighted by Crippen LogP contribution is 2.20. The van der Waals surface area contributed by atoms with Crippen molar-refractivity contribution in [1.82, 2.24) is 0 Å². The monoisotopic (exact) mass is 577 g/mol. The molecule has 2 N–H and O–H groups in total. The van der Waals surface area contributed by atoms with Crippen molar-refractivity contribution in [2.75, 3.05) is 0 Å². The van der Waals surface area contributed by atoms with E-state index in [1.165, 1.54) is 122 Å². The topological polar surface area (TPSA) is 66.8 Å². The van der Waals surface area contributed by atoms with Crippen LogP contribution in [0.3, 0.4) is 0 Å². The van der Waals surface area contributed by atoms with Crippen LogP contribution in [-0.2, 0) is 9.53 Å². The van der Waals surface area contributed by atoms with Gasteiger partial charge in [-0.2, -0.15) is 0 Å². The molecule has 3 atom stereocenters. The molecule has 1 heterocycles. The number of esters is 1. The van der Waals surface area contributed by atoms with E-state index in [1.807, 2.05) is 13.0 Å². The summed E-state index contributed by atoms with van der Waals surface area (Å²) in [5.41, 5.74) is 0.862. The molecule has 1 aliphatic heterocycles. The Kier molecular flexibility index (Phi) is 25.6. The first-order valence-corrected chi connectivity index (χ1v) is 18.0. The van der Waals surface area contributed by atoms with Gasteiger partial charge in [0.25, 0.3) is 0 Å². The minimum Gasteiger partial charge on any atom is -0.455 e. The van der Waals surface area contributed by atoms with Crippen molar-refractivity contribution in [2.24, 2.45) is 0 Å². The molecule has 0 spiro atoms. The zero-order chi connectivity index (χ0) is 29.8. The van der Waals surface area contributed by atoms with Crippen LogP contribution in [0, 0.1) is 0 Å². The van der Waals surface area contributed by atoms with Crippen LogP contribution < -0.4 is 0 Å². The van der Waals surface area contributed by atoms with Crippen molar-refractivity contribution in [1.29, 1.82) is 0 Å². The highest BCUT2D eigenvalue weighted by Gasteiger charge is 2.21. The van der Waals surface area contributed by atoms with Crippen molar-refractivity contribution in [2.45, 2.75) is 206 Å². The van der Waals surface area contributed by atoms with E-state index in [9.17, 15) is 15.0 Å². The molecule has 0 bridgehead atoms. The lowest BCUT2D eigenvalue weighted by Gasteiger charge is -2.17. The van der Waals surface area contributed by atoms with Crippen LogP contribution >= 0.6 is 0 Å². The second-order valence-electron chi connectivity index (χ2n) is 12.7. The zero-order valence-corrected chi connectivity index (χ0v) is 27.3. The van der Waals surface area contributed by atoms with Crippen molar-refractivity contribution in [3.8, 4) is 0 Å². The van der Waals surface area contributed by atoms with Gasteiger partial charge in [-0.15, -0.1) is 0 Å². The van der Waals surface area contributed by atoms with Gasteiger partial charge < -0.3 is 14.9 Å². The maximum absolute atomic E-state index is 11.6. The van der Waals surface area contributed by atoms with Gasteiger partial charge in [-0.25, -0.2) is 4.79 Å². The number of unbranched alkanes of at least 4 members (excludes halogenated alkanes) is 21. The normalized spacial score (nSPS) is 16.8. The minimum atomic E-state index is -0.596. The molecule has 4 heteroatoms. The van der Waals surface area contributed by atoms with Crippen LogP contribution in [0.1, 0.15) is 187 Å². The SMILES string of the molecule is CCCCCCCCCCCCCCC/C=C/CCC(O)C(O)CCCCCCCCCCCC1=CC(C)OC1=O. The largest absolute Gasteiger partial charge is 0.455 e. The third kappa shape index (κ3) is 23.1. The molecule has 41 heavy (non-hydrogen) atoms. The Hall–Kier alpha value is -1.13. The highest BCUT2D eigenvalue weighted by atomic mass is 16.5. The number of cyclic esters (lactones) is 1. The lowest BCUT2D eigenvalue weighted by atomic mass is 10.0. The number of hydrogen-bond donors (Lipinski definition) is 2. The molecule has 4 nitrogen and oxygen atoms in total. The van der Waals surface area contributed by atoms with E-state index in [4.69, 9.17) is 4.74 Å². The van der Waals surface area contributed by atoms with Crippen molar-refractivity contribution >= 4 is 5.97 Å². The maximum atomic E-state index is 11.6. The van der Waals surface area contributed by atoms with E-state index in [2.05, 4.69) is 19.1 Å². The summed E-state index contributed by atoms with van der Waals surface area (Å²) in [6, 6.07) is 0. The van der Waals surface area contributed by atoms with Gasteiger partial charge in [-0.1, -0.05) is 147 Å². The van der Waals surface area contributed by atoms with E-state index in [0.29, 0.717) is 12.8 Å². The first-order chi connectivity index (χ1) is 20.0. The smallest absolute Gasteiger partial charge is 0.334 e. The highest BCUT2D eigenvalue weighted by molar-refractivity contribution is 5.90. The van der Waals surface area contributed by atoms with E-state index < -0.39 is 12.2 Å². The average Bonchev–Trinajstić information content (AvgIpc) is 3.29. The first kappa shape index (κ1) is 37.9. The number of ether oxygens (including phenoxy) is 1. The fraction of sp³-hybridized carbons (Fsp3) is 0.865. The molecule has 0 saturated heterocycles. The number of aliphatic hydroxyl groups is 2. The fourth-order valence-corrected chi connectivity index (χ4v) is 5.89. The second kappa shape index (κ2) is 27.7. The lowest BCUT2D eigenvalue weighted by Crippen LogP contribution is -2.25. The first-order valence-electron chi connectivity index (χ1n) is 18.0.